The van der Waals surface area contributed by atoms with Crippen molar-refractivity contribution in [1.29, 1.82) is 0 Å². The van der Waals surface area contributed by atoms with Crippen molar-refractivity contribution in [2.24, 2.45) is 0 Å². The van der Waals surface area contributed by atoms with Gasteiger partial charge < -0.3 is 14.7 Å². The van der Waals surface area contributed by atoms with E-state index in [1.54, 1.807) is 17.0 Å². The van der Waals surface area contributed by atoms with E-state index >= 15 is 0 Å². The summed E-state index contributed by atoms with van der Waals surface area (Å²) in [5, 5.41) is 8.87. The van der Waals surface area contributed by atoms with Crippen molar-refractivity contribution in [2.75, 3.05) is 18.1 Å². The van der Waals surface area contributed by atoms with Crippen molar-refractivity contribution in [1.82, 2.24) is 0 Å². The van der Waals surface area contributed by atoms with E-state index in [4.69, 9.17) is 9.84 Å². The van der Waals surface area contributed by atoms with Crippen LogP contribution in [0.1, 0.15) is 36.5 Å². The lowest BCUT2D eigenvalue weighted by atomic mass is 10.1. The molecule has 1 aromatic carbocycles. The van der Waals surface area contributed by atoms with E-state index in [-0.39, 0.29) is 17.6 Å². The number of amides is 1. The number of benzene rings is 1. The van der Waals surface area contributed by atoms with Crippen LogP contribution in [0.5, 0.6) is 0 Å². The molecule has 1 atom stereocenters. The van der Waals surface area contributed by atoms with E-state index in [0.717, 1.165) is 31.6 Å². The Kier molecular flexibility index (Phi) is 4.74. The lowest BCUT2D eigenvalue weighted by Crippen LogP contribution is -2.31. The zero-order chi connectivity index (χ0) is 14.5. The molecule has 2 rings (SSSR count). The predicted molar refractivity (Wildman–Crippen MR) is 75.0 cm³/mol. The molecule has 0 aliphatic carbocycles. The predicted octanol–water partition coefficient (Wildman–Crippen LogP) is 2.31. The Morgan fingerprint density at radius 1 is 1.35 bits per heavy atom. The monoisotopic (exact) mass is 277 g/mol. The average molecular weight is 277 g/mol. The fraction of sp³-hybridized carbons (Fsp3) is 0.467. The van der Waals surface area contributed by atoms with Crippen LogP contribution in [-0.2, 0) is 9.53 Å². The van der Waals surface area contributed by atoms with Crippen molar-refractivity contribution < 1.29 is 19.4 Å². The molecular formula is C15H19NO4. The Morgan fingerprint density at radius 3 is 2.55 bits per heavy atom. The first kappa shape index (κ1) is 14.5. The highest BCUT2D eigenvalue weighted by atomic mass is 16.5. The molecule has 0 radical (unpaired) electrons. The number of rotatable bonds is 5. The van der Waals surface area contributed by atoms with Gasteiger partial charge in [-0.25, -0.2) is 4.79 Å². The van der Waals surface area contributed by atoms with Crippen molar-refractivity contribution in [3.05, 3.63) is 29.8 Å². The van der Waals surface area contributed by atoms with Crippen LogP contribution in [0.3, 0.4) is 0 Å². The Hall–Kier alpha value is -1.88. The van der Waals surface area contributed by atoms with Gasteiger partial charge in [-0.05, 0) is 43.5 Å². The van der Waals surface area contributed by atoms with Gasteiger partial charge in [-0.2, -0.15) is 0 Å². The average Bonchev–Trinajstić information content (AvgIpc) is 2.92. The number of aromatic carboxylic acids is 1. The molecular weight excluding hydrogens is 258 g/mol. The van der Waals surface area contributed by atoms with Gasteiger partial charge in [0.2, 0.25) is 5.91 Å². The second-order valence-corrected chi connectivity index (χ2v) is 4.95. The molecule has 20 heavy (non-hydrogen) atoms. The molecule has 1 amide bonds. The minimum absolute atomic E-state index is 0.0499. The first-order chi connectivity index (χ1) is 9.58. The number of carbonyl (C=O) groups is 2. The van der Waals surface area contributed by atoms with Crippen LogP contribution in [0.15, 0.2) is 24.3 Å². The first-order valence-corrected chi connectivity index (χ1v) is 6.81. The van der Waals surface area contributed by atoms with E-state index in [9.17, 15) is 9.59 Å². The quantitative estimate of drug-likeness (QED) is 0.896. The molecule has 1 aliphatic heterocycles. The van der Waals surface area contributed by atoms with Crippen molar-refractivity contribution >= 4 is 17.6 Å². The maximum Gasteiger partial charge on any atom is 0.335 e. The zero-order valence-corrected chi connectivity index (χ0v) is 11.5. The van der Waals surface area contributed by atoms with E-state index < -0.39 is 5.97 Å². The normalized spacial score (nSPS) is 17.9. The topological polar surface area (TPSA) is 66.8 Å². The van der Waals surface area contributed by atoms with Gasteiger partial charge in [-0.1, -0.05) is 0 Å². The molecule has 0 spiro atoms. The highest BCUT2D eigenvalue weighted by Crippen LogP contribution is 2.20. The van der Waals surface area contributed by atoms with Crippen molar-refractivity contribution in [3.63, 3.8) is 0 Å². The number of anilines is 1. The number of carbonyl (C=O) groups excluding carboxylic acids is 1. The number of ether oxygens (including phenoxy) is 1. The molecule has 1 heterocycles. The molecule has 5 heteroatoms. The summed E-state index contributed by atoms with van der Waals surface area (Å²) >= 11 is 0. The molecule has 5 nitrogen and oxygen atoms in total. The van der Waals surface area contributed by atoms with Crippen LogP contribution < -0.4 is 4.90 Å². The van der Waals surface area contributed by atoms with Crippen LogP contribution in [0.4, 0.5) is 5.69 Å². The fourth-order valence-corrected chi connectivity index (χ4v) is 2.40. The summed E-state index contributed by atoms with van der Waals surface area (Å²) in [6, 6.07) is 6.36. The molecule has 1 unspecified atom stereocenters. The summed E-state index contributed by atoms with van der Waals surface area (Å²) in [6.07, 6.45) is 3.16. The smallest absolute Gasteiger partial charge is 0.335 e. The Balaban J connectivity index is 2.03. The number of carboxylic acids is 1. The van der Waals surface area contributed by atoms with Gasteiger partial charge in [-0.3, -0.25) is 4.79 Å². The van der Waals surface area contributed by atoms with E-state index in [0.29, 0.717) is 6.54 Å². The summed E-state index contributed by atoms with van der Waals surface area (Å²) in [7, 11) is 0. The van der Waals surface area contributed by atoms with Gasteiger partial charge in [-0.15, -0.1) is 0 Å². The lowest BCUT2D eigenvalue weighted by molar-refractivity contribution is -0.116. The van der Waals surface area contributed by atoms with Crippen LogP contribution in [0, 0.1) is 0 Å². The molecule has 108 valence electrons. The highest BCUT2D eigenvalue weighted by Gasteiger charge is 2.19. The van der Waals surface area contributed by atoms with Crippen molar-refractivity contribution in [3.8, 4) is 0 Å². The molecule has 1 fully saturated rings. The molecule has 1 N–H and O–H groups in total. The summed E-state index contributed by atoms with van der Waals surface area (Å²) < 4.78 is 5.55. The van der Waals surface area contributed by atoms with Gasteiger partial charge in [0, 0.05) is 25.8 Å². The van der Waals surface area contributed by atoms with Crippen molar-refractivity contribution in [2.45, 2.75) is 32.3 Å². The number of carboxylic acid groups (broad SMARTS) is 1. The maximum absolute atomic E-state index is 11.7. The van der Waals surface area contributed by atoms with Gasteiger partial charge >= 0.3 is 5.97 Å². The highest BCUT2D eigenvalue weighted by molar-refractivity contribution is 5.93. The number of hydrogen-bond acceptors (Lipinski definition) is 3. The van der Waals surface area contributed by atoms with Gasteiger partial charge in [0.25, 0.3) is 0 Å². The number of hydrogen-bond donors (Lipinski definition) is 1. The summed E-state index contributed by atoms with van der Waals surface area (Å²) in [4.78, 5) is 24.2. The second-order valence-electron chi connectivity index (χ2n) is 4.95. The first-order valence-electron chi connectivity index (χ1n) is 6.81. The fourth-order valence-electron chi connectivity index (χ4n) is 2.40. The third-order valence-electron chi connectivity index (χ3n) is 3.50. The number of nitrogens with zero attached hydrogens (tertiary/aromatic N) is 1. The molecule has 1 saturated heterocycles. The standard InChI is InChI=1S/C15H19NO4/c1-11(17)16(9-8-14-3-2-10-20-14)13-6-4-12(5-7-13)15(18)19/h4-7,14H,2-3,8-10H2,1H3,(H,18,19). The molecule has 1 aromatic rings. The minimum Gasteiger partial charge on any atom is -0.478 e. The van der Waals surface area contributed by atoms with E-state index in [1.807, 2.05) is 0 Å². The van der Waals surface area contributed by atoms with Gasteiger partial charge in [0.1, 0.15) is 0 Å². The van der Waals surface area contributed by atoms with Crippen LogP contribution >= 0.6 is 0 Å². The van der Waals surface area contributed by atoms with Crippen LogP contribution in [0.2, 0.25) is 0 Å². The SMILES string of the molecule is CC(=O)N(CCC1CCCO1)c1ccc(C(=O)O)cc1. The summed E-state index contributed by atoms with van der Waals surface area (Å²) in [5.74, 6) is -1.02. The van der Waals surface area contributed by atoms with E-state index in [2.05, 4.69) is 0 Å². The van der Waals surface area contributed by atoms with E-state index in [1.165, 1.54) is 19.1 Å². The molecule has 0 saturated carbocycles. The summed E-state index contributed by atoms with van der Waals surface area (Å²) in [6.45, 7) is 2.91. The van der Waals surface area contributed by atoms with Crippen LogP contribution in [-0.4, -0.2) is 36.2 Å². The van der Waals surface area contributed by atoms with Gasteiger partial charge in [0.15, 0.2) is 0 Å². The molecule has 0 bridgehead atoms. The minimum atomic E-state index is -0.967. The molecule has 1 aliphatic rings. The third-order valence-corrected chi connectivity index (χ3v) is 3.50. The third kappa shape index (κ3) is 3.57. The van der Waals surface area contributed by atoms with Crippen LogP contribution in [0.25, 0.3) is 0 Å². The Morgan fingerprint density at radius 2 is 2.05 bits per heavy atom. The second kappa shape index (κ2) is 6.52. The molecule has 0 aromatic heterocycles. The Labute approximate surface area is 118 Å². The largest absolute Gasteiger partial charge is 0.478 e. The van der Waals surface area contributed by atoms with Gasteiger partial charge in [0.05, 0.1) is 11.7 Å². The Bertz CT molecular complexity index is 477. The summed E-state index contributed by atoms with van der Waals surface area (Å²) in [5.41, 5.74) is 0.942. The maximum atomic E-state index is 11.7. The zero-order valence-electron chi connectivity index (χ0n) is 11.5. The lowest BCUT2D eigenvalue weighted by Gasteiger charge is -2.22.